The molecule has 0 spiro atoms. The van der Waals surface area contributed by atoms with Crippen LogP contribution < -0.4 is 5.73 Å². The van der Waals surface area contributed by atoms with Crippen LogP contribution in [0.5, 0.6) is 0 Å². The molecule has 2 aromatic heterocycles. The molecule has 0 aliphatic heterocycles. The lowest BCUT2D eigenvalue weighted by atomic mass is 10.3. The second-order valence-electron chi connectivity index (χ2n) is 2.96. The molecule has 0 fully saturated rings. The van der Waals surface area contributed by atoms with Crippen molar-refractivity contribution in [3.05, 3.63) is 29.8 Å². The lowest BCUT2D eigenvalue weighted by Crippen LogP contribution is -2.19. The number of alkyl halides is 3. The molecule has 0 saturated heterocycles. The largest absolute Gasteiger partial charge is 0.434 e. The molecule has 0 aliphatic rings. The number of rotatable bonds is 1. The highest BCUT2D eigenvalue weighted by atomic mass is 19.4. The highest BCUT2D eigenvalue weighted by molar-refractivity contribution is 5.93. The average Bonchev–Trinajstić information content (AvgIpc) is 2.55. The molecule has 0 unspecified atom stereocenters. The van der Waals surface area contributed by atoms with E-state index in [1.54, 1.807) is 0 Å². The number of carbonyl (C=O) groups is 1. The van der Waals surface area contributed by atoms with Crippen molar-refractivity contribution >= 4 is 11.7 Å². The summed E-state index contributed by atoms with van der Waals surface area (Å²) in [5.41, 5.74) is 2.80. The molecule has 84 valence electrons. The van der Waals surface area contributed by atoms with Crippen LogP contribution in [0, 0.1) is 0 Å². The van der Waals surface area contributed by atoms with Gasteiger partial charge in [0.05, 0.1) is 0 Å². The van der Waals surface area contributed by atoms with Crippen molar-refractivity contribution in [3.8, 4) is 0 Å². The predicted octanol–water partition coefficient (Wildman–Crippen LogP) is 0.847. The molecule has 0 atom stereocenters. The van der Waals surface area contributed by atoms with Crippen molar-refractivity contribution in [1.82, 2.24) is 14.4 Å². The van der Waals surface area contributed by atoms with Crippen molar-refractivity contribution in [2.24, 2.45) is 5.73 Å². The van der Waals surface area contributed by atoms with Gasteiger partial charge in [0, 0.05) is 12.4 Å². The molecule has 2 heterocycles. The molecule has 2 rings (SSSR count). The molecule has 5 nitrogen and oxygen atoms in total. The number of fused-ring (bicyclic) bond motifs is 1. The van der Waals surface area contributed by atoms with Crippen molar-refractivity contribution in [1.29, 1.82) is 0 Å². The normalized spacial score (nSPS) is 11.9. The fourth-order valence-corrected chi connectivity index (χ4v) is 1.33. The Morgan fingerprint density at radius 3 is 2.69 bits per heavy atom. The lowest BCUT2D eigenvalue weighted by Gasteiger charge is -2.06. The Bertz CT molecular complexity index is 560. The van der Waals surface area contributed by atoms with Gasteiger partial charge in [0.2, 0.25) is 5.78 Å². The number of amides is 1. The van der Waals surface area contributed by atoms with E-state index in [-0.39, 0.29) is 5.78 Å². The molecule has 0 aromatic carbocycles. The maximum atomic E-state index is 12.7. The molecule has 0 bridgehead atoms. The van der Waals surface area contributed by atoms with E-state index in [0.717, 1.165) is 6.20 Å². The summed E-state index contributed by atoms with van der Waals surface area (Å²) >= 11 is 0. The minimum atomic E-state index is -4.72. The van der Waals surface area contributed by atoms with Gasteiger partial charge in [-0.2, -0.15) is 13.2 Å². The first-order valence-corrected chi connectivity index (χ1v) is 4.11. The number of carbonyl (C=O) groups excluding carboxylic acids is 1. The van der Waals surface area contributed by atoms with Gasteiger partial charge in [-0.05, 0) is 6.07 Å². The summed E-state index contributed by atoms with van der Waals surface area (Å²) in [4.78, 5) is 17.9. The van der Waals surface area contributed by atoms with E-state index in [9.17, 15) is 18.0 Å². The number of imidazole rings is 1. The minimum absolute atomic E-state index is 0.219. The third-order valence-corrected chi connectivity index (χ3v) is 1.91. The summed E-state index contributed by atoms with van der Waals surface area (Å²) in [6, 6.07) is 1.30. The van der Waals surface area contributed by atoms with Gasteiger partial charge < -0.3 is 5.73 Å². The van der Waals surface area contributed by atoms with Crippen molar-refractivity contribution in [2.45, 2.75) is 6.18 Å². The SMILES string of the molecule is NC(=O)c1nc2ncccn2c1C(F)(F)F. The van der Waals surface area contributed by atoms with Crippen LogP contribution in [-0.4, -0.2) is 20.3 Å². The van der Waals surface area contributed by atoms with Gasteiger partial charge in [-0.15, -0.1) is 0 Å². The zero-order valence-corrected chi connectivity index (χ0v) is 7.69. The zero-order chi connectivity index (χ0) is 11.9. The molecule has 1 amide bonds. The lowest BCUT2D eigenvalue weighted by molar-refractivity contribution is -0.142. The van der Waals surface area contributed by atoms with Crippen LogP contribution in [0.4, 0.5) is 13.2 Å². The summed E-state index contributed by atoms with van der Waals surface area (Å²) in [7, 11) is 0. The van der Waals surface area contributed by atoms with E-state index in [1.165, 1.54) is 12.3 Å². The number of halogens is 3. The van der Waals surface area contributed by atoms with Gasteiger partial charge in [-0.3, -0.25) is 9.20 Å². The number of nitrogens with two attached hydrogens (primary N) is 1. The van der Waals surface area contributed by atoms with Crippen molar-refractivity contribution in [2.75, 3.05) is 0 Å². The fourth-order valence-electron chi connectivity index (χ4n) is 1.33. The van der Waals surface area contributed by atoms with E-state index >= 15 is 0 Å². The van der Waals surface area contributed by atoms with Crippen LogP contribution in [-0.2, 0) is 6.18 Å². The smallest absolute Gasteiger partial charge is 0.364 e. The Balaban J connectivity index is 2.85. The first kappa shape index (κ1) is 10.4. The van der Waals surface area contributed by atoms with Crippen LogP contribution >= 0.6 is 0 Å². The Labute approximate surface area is 86.7 Å². The summed E-state index contributed by atoms with van der Waals surface area (Å²) in [5.74, 6) is -1.46. The minimum Gasteiger partial charge on any atom is -0.364 e. The highest BCUT2D eigenvalue weighted by Crippen LogP contribution is 2.31. The number of hydrogen-bond acceptors (Lipinski definition) is 3. The molecule has 0 aliphatic carbocycles. The monoisotopic (exact) mass is 230 g/mol. The number of nitrogens with zero attached hydrogens (tertiary/aromatic N) is 3. The van der Waals surface area contributed by atoms with Crippen molar-refractivity contribution in [3.63, 3.8) is 0 Å². The first-order chi connectivity index (χ1) is 7.41. The maximum absolute atomic E-state index is 12.7. The second kappa shape index (κ2) is 3.19. The summed E-state index contributed by atoms with van der Waals surface area (Å²) < 4.78 is 38.7. The van der Waals surface area contributed by atoms with E-state index < -0.39 is 23.5 Å². The van der Waals surface area contributed by atoms with Gasteiger partial charge in [0.25, 0.3) is 5.91 Å². The Morgan fingerprint density at radius 2 is 2.12 bits per heavy atom. The van der Waals surface area contributed by atoms with Gasteiger partial charge in [0.15, 0.2) is 11.4 Å². The van der Waals surface area contributed by atoms with Crippen LogP contribution in [0.25, 0.3) is 5.78 Å². The van der Waals surface area contributed by atoms with E-state index in [1.807, 2.05) is 0 Å². The van der Waals surface area contributed by atoms with E-state index in [0.29, 0.717) is 4.40 Å². The standard InChI is InChI=1S/C8H5F3N4O/c9-8(10,11)5-4(6(12)16)14-7-13-2-1-3-15(5)7/h1-3H,(H2,12,16). The maximum Gasteiger partial charge on any atom is 0.434 e. The molecule has 0 radical (unpaired) electrons. The quantitative estimate of drug-likeness (QED) is 0.789. The predicted molar refractivity (Wildman–Crippen MR) is 46.5 cm³/mol. The van der Waals surface area contributed by atoms with Gasteiger partial charge in [0.1, 0.15) is 0 Å². The Morgan fingerprint density at radius 1 is 1.44 bits per heavy atom. The number of aromatic nitrogens is 3. The highest BCUT2D eigenvalue weighted by Gasteiger charge is 2.40. The van der Waals surface area contributed by atoms with Crippen LogP contribution in [0.1, 0.15) is 16.2 Å². The molecule has 2 aromatic rings. The zero-order valence-electron chi connectivity index (χ0n) is 7.69. The number of primary amides is 1. The second-order valence-corrected chi connectivity index (χ2v) is 2.96. The van der Waals surface area contributed by atoms with Crippen LogP contribution in [0.3, 0.4) is 0 Å². The summed E-state index contributed by atoms with van der Waals surface area (Å²) in [6.07, 6.45) is -2.33. The topological polar surface area (TPSA) is 73.3 Å². The Kier molecular flexibility index (Phi) is 2.07. The fraction of sp³-hybridized carbons (Fsp3) is 0.125. The summed E-state index contributed by atoms with van der Waals surface area (Å²) in [6.45, 7) is 0. The van der Waals surface area contributed by atoms with E-state index in [2.05, 4.69) is 9.97 Å². The van der Waals surface area contributed by atoms with Gasteiger partial charge in [-0.25, -0.2) is 9.97 Å². The van der Waals surface area contributed by atoms with Crippen LogP contribution in [0.15, 0.2) is 18.5 Å². The Hall–Kier alpha value is -2.12. The molecule has 8 heteroatoms. The van der Waals surface area contributed by atoms with Gasteiger partial charge >= 0.3 is 6.18 Å². The molecular weight excluding hydrogens is 225 g/mol. The van der Waals surface area contributed by atoms with Gasteiger partial charge in [-0.1, -0.05) is 0 Å². The van der Waals surface area contributed by atoms with Crippen LogP contribution in [0.2, 0.25) is 0 Å². The average molecular weight is 230 g/mol. The summed E-state index contributed by atoms with van der Waals surface area (Å²) in [5, 5.41) is 0. The molecular formula is C8H5F3N4O. The first-order valence-electron chi connectivity index (χ1n) is 4.11. The third kappa shape index (κ3) is 1.47. The third-order valence-electron chi connectivity index (χ3n) is 1.91. The van der Waals surface area contributed by atoms with E-state index in [4.69, 9.17) is 5.73 Å². The van der Waals surface area contributed by atoms with Crippen molar-refractivity contribution < 1.29 is 18.0 Å². The molecule has 2 N–H and O–H groups in total. The molecule has 16 heavy (non-hydrogen) atoms. The number of hydrogen-bond donors (Lipinski definition) is 1. The molecule has 0 saturated carbocycles.